The van der Waals surface area contributed by atoms with Gasteiger partial charge in [-0.25, -0.2) is 0 Å². The topological polar surface area (TPSA) is 147 Å². The number of carboxylic acid groups (broad SMARTS) is 1. The summed E-state index contributed by atoms with van der Waals surface area (Å²) in [6.45, 7) is 39.1. The zero-order valence-corrected chi connectivity index (χ0v) is 70.0. The summed E-state index contributed by atoms with van der Waals surface area (Å²) < 4.78 is 56.1. The van der Waals surface area contributed by atoms with Crippen LogP contribution in [0.4, 0.5) is 0 Å². The molecule has 3 fully saturated rings. The second-order valence-corrected chi connectivity index (χ2v) is 35.8. The van der Waals surface area contributed by atoms with Crippen molar-refractivity contribution in [3.8, 4) is 61.3 Å². The third-order valence-electron chi connectivity index (χ3n) is 19.2. The molecule has 0 spiro atoms. The molecule has 0 saturated carbocycles. The first-order chi connectivity index (χ1) is 45.4. The number of carboxylic acids is 1. The molecular formula is C73H94B3KN4O8S8. The average Bonchev–Trinajstić information content (AvgIpc) is 1.59. The Hall–Kier alpha value is -2.66. The number of unbranched alkanes of at least 4 members (excludes halogenated alkanes) is 2. The Morgan fingerprint density at radius 3 is 1.27 bits per heavy atom. The van der Waals surface area contributed by atoms with Crippen LogP contribution in [0.2, 0.25) is 0 Å². The molecular weight excluding hydrogens is 1390 g/mol. The quantitative estimate of drug-likeness (QED) is 0.0753. The van der Waals surface area contributed by atoms with Gasteiger partial charge in [0.2, 0.25) is 0 Å². The number of benzene rings is 2. The number of fused-ring (bicyclic) bond motifs is 2. The van der Waals surface area contributed by atoms with Crippen LogP contribution in [0.3, 0.4) is 0 Å². The Morgan fingerprint density at radius 1 is 0.474 bits per heavy atom. The summed E-state index contributed by atoms with van der Waals surface area (Å²) in [5.41, 5.74) is 6.41. The van der Waals surface area contributed by atoms with Gasteiger partial charge in [0.05, 0.1) is 57.1 Å². The third kappa shape index (κ3) is 19.4. The van der Waals surface area contributed by atoms with Crippen LogP contribution in [-0.2, 0) is 39.1 Å². The standard InChI is InChI=1S/C26H26N2S4.C25H23BN2O2S4.C12H24B2O4.C8H18.C2H4O2.K/c1-3-5-7-17(4-2)16-18-9-12-23(30-18)24-14-13-22(31-24)20-11-10-19(21-8-6-15-29-21)25-26(20)28-32-27-25;1-14-6-9-19(31-14)20-11-10-17(32-20)15-7-8-16(23-22(15)27-34-28-23)18-12-13-21(33-18)26-29-24(2,3)25(4,5)30-26;1-9(2)10(3,4)16-13(15-9)14-17-11(5,6)12(7,8)18-14;1-4-6-7-8(3)5-2;1-2(3)4;/h6,8-15,17H,3-5,7,16H2,1-2H3;6-13H,1-5H3;1-8H3;8H,4-7H2,1-3H3;1H3,(H,3,4);/q;;;;;+1/p-1. The van der Waals surface area contributed by atoms with Gasteiger partial charge < -0.3 is 37.8 Å². The molecule has 3 aliphatic heterocycles. The van der Waals surface area contributed by atoms with Gasteiger partial charge in [0.25, 0.3) is 0 Å². The van der Waals surface area contributed by atoms with Crippen LogP contribution in [0, 0.1) is 18.8 Å². The van der Waals surface area contributed by atoms with E-state index in [9.17, 15) is 0 Å². The second kappa shape index (κ2) is 34.3. The van der Waals surface area contributed by atoms with Crippen LogP contribution in [0.5, 0.6) is 0 Å². The predicted molar refractivity (Wildman–Crippen MR) is 414 cm³/mol. The molecule has 11 heterocycles. The molecule has 0 bridgehead atoms. The minimum atomic E-state index is -1.08. The number of carbonyl (C=O) groups excluding carboxylic acids is 1. The number of hydrogen-bond donors (Lipinski definition) is 0. The number of aromatic nitrogens is 4. The van der Waals surface area contributed by atoms with Crippen molar-refractivity contribution in [2.24, 2.45) is 11.8 Å². The van der Waals surface area contributed by atoms with Gasteiger partial charge in [-0.3, -0.25) is 0 Å². The summed E-state index contributed by atoms with van der Waals surface area (Å²) in [6.07, 6.45) is 12.0. The molecule has 0 aliphatic carbocycles. The minimum absolute atomic E-state index is 0. The van der Waals surface area contributed by atoms with Crippen LogP contribution in [0.15, 0.2) is 102 Å². The number of aliphatic carboxylic acids is 1. The van der Waals surface area contributed by atoms with Crippen molar-refractivity contribution in [2.45, 2.75) is 223 Å². The molecule has 3 aliphatic rings. The van der Waals surface area contributed by atoms with E-state index in [-0.39, 0.29) is 92.1 Å². The van der Waals surface area contributed by atoms with E-state index in [1.165, 1.54) is 136 Å². The molecule has 0 amide bonds. The monoisotopic (exact) mass is 1480 g/mol. The fourth-order valence-corrected chi connectivity index (χ4v) is 18.1. The Labute approximate surface area is 652 Å². The van der Waals surface area contributed by atoms with E-state index in [2.05, 4.69) is 189 Å². The number of aryl methyl sites for hydroxylation is 1. The first-order valence-corrected chi connectivity index (χ1v) is 40.1. The molecule has 8 aromatic heterocycles. The van der Waals surface area contributed by atoms with E-state index in [1.54, 1.807) is 22.7 Å². The Balaban J connectivity index is 0.000000176. The summed E-state index contributed by atoms with van der Waals surface area (Å²) in [5, 5.41) is 11.0. The van der Waals surface area contributed by atoms with E-state index in [0.717, 1.165) is 61.6 Å². The average molecular weight is 1480 g/mol. The summed E-state index contributed by atoms with van der Waals surface area (Å²) in [5.74, 6) is 0.683. The van der Waals surface area contributed by atoms with E-state index < -0.39 is 20.0 Å². The number of nitrogens with zero attached hydrogens (tertiary/aromatic N) is 4. The van der Waals surface area contributed by atoms with Crippen LogP contribution < -0.4 is 61.3 Å². The zero-order chi connectivity index (χ0) is 69.5. The van der Waals surface area contributed by atoms with Gasteiger partial charge in [-0.15, -0.1) is 68.0 Å². The first kappa shape index (κ1) is 80.0. The maximum Gasteiger partial charge on any atom is 1.00 e. The molecule has 24 heteroatoms. The molecule has 512 valence electrons. The molecule has 12 nitrogen and oxygen atoms in total. The fraction of sp³-hybridized carbons (Fsp3) is 0.493. The Bertz CT molecular complexity index is 4060. The summed E-state index contributed by atoms with van der Waals surface area (Å²) in [6, 6.07) is 35.2. The molecule has 97 heavy (non-hydrogen) atoms. The van der Waals surface area contributed by atoms with E-state index in [1.807, 2.05) is 101 Å². The van der Waals surface area contributed by atoms with Crippen LogP contribution in [0.1, 0.15) is 186 Å². The minimum Gasteiger partial charge on any atom is -0.550 e. The molecule has 3 saturated heterocycles. The zero-order valence-electron chi connectivity index (χ0n) is 60.4. The number of thiophene rings is 6. The molecule has 0 radical (unpaired) electrons. The number of carbonyl (C=O) groups is 1. The van der Waals surface area contributed by atoms with Crippen molar-refractivity contribution in [1.82, 2.24) is 17.5 Å². The van der Waals surface area contributed by atoms with Gasteiger partial charge in [-0.05, 0) is 181 Å². The van der Waals surface area contributed by atoms with Gasteiger partial charge in [-0.2, -0.15) is 17.5 Å². The Kier molecular flexibility index (Phi) is 28.3. The molecule has 2 atom stereocenters. The number of rotatable bonds is 18. The molecule has 10 aromatic rings. The van der Waals surface area contributed by atoms with E-state index >= 15 is 0 Å². The normalized spacial score (nSPS) is 17.5. The van der Waals surface area contributed by atoms with Crippen LogP contribution >= 0.6 is 91.5 Å². The van der Waals surface area contributed by atoms with Crippen LogP contribution in [0.25, 0.3) is 83.3 Å². The largest absolute Gasteiger partial charge is 1.00 e. The molecule has 0 N–H and O–H groups in total. The summed E-state index contributed by atoms with van der Waals surface area (Å²) in [4.78, 5) is 21.9. The van der Waals surface area contributed by atoms with Gasteiger partial charge in [0, 0.05) is 81.8 Å². The summed E-state index contributed by atoms with van der Waals surface area (Å²) in [7, 11) is -1.30. The first-order valence-electron chi connectivity index (χ1n) is 33.7. The summed E-state index contributed by atoms with van der Waals surface area (Å²) >= 11 is 13.5. The van der Waals surface area contributed by atoms with Crippen molar-refractivity contribution in [3.05, 3.63) is 112 Å². The fourth-order valence-electron chi connectivity index (χ4n) is 10.9. The third-order valence-corrected chi connectivity index (χ3v) is 27.0. The van der Waals surface area contributed by atoms with Crippen molar-refractivity contribution < 1.29 is 89.2 Å². The Morgan fingerprint density at radius 2 is 0.856 bits per heavy atom. The molecule has 2 aromatic carbocycles. The maximum atomic E-state index is 8.89. The van der Waals surface area contributed by atoms with Gasteiger partial charge in [0.15, 0.2) is 0 Å². The van der Waals surface area contributed by atoms with Gasteiger partial charge in [-0.1, -0.05) is 122 Å². The van der Waals surface area contributed by atoms with Crippen molar-refractivity contribution in [3.63, 3.8) is 0 Å². The van der Waals surface area contributed by atoms with Gasteiger partial charge >= 0.3 is 72.5 Å². The van der Waals surface area contributed by atoms with Crippen LogP contribution in [-0.4, -0.2) is 78.2 Å². The van der Waals surface area contributed by atoms with E-state index in [4.69, 9.17) is 37.8 Å². The predicted octanol–water partition coefficient (Wildman–Crippen LogP) is 18.4. The second-order valence-electron chi connectivity index (χ2n) is 28.0. The molecule has 2 unspecified atom stereocenters. The van der Waals surface area contributed by atoms with Crippen molar-refractivity contribution in [1.29, 1.82) is 0 Å². The van der Waals surface area contributed by atoms with E-state index in [0.29, 0.717) is 0 Å². The van der Waals surface area contributed by atoms with Gasteiger partial charge in [0.1, 0.15) is 22.1 Å². The SMILES string of the molecule is CC(=O)[O-].CC1(C)OB(B2OC(C)(C)C(C)(C)O2)OC1(C)C.CCCCC(C)CC.CCCCC(CC)Cc1ccc(-c2ccc(-c3ccc(-c4cccs4)c4nsnc34)s2)s1.Cc1ccc(-c2ccc(-c3ccc(-c4ccc(B5OC(C)(C)C(C)(C)O5)s4)c4nsnc34)s2)s1.[K+]. The number of hydrogen-bond acceptors (Lipinski definition) is 20. The smallest absolute Gasteiger partial charge is 0.550 e. The van der Waals surface area contributed by atoms with Crippen molar-refractivity contribution >= 4 is 145 Å². The maximum absolute atomic E-state index is 8.89. The molecule has 13 rings (SSSR count). The van der Waals surface area contributed by atoms with Crippen molar-refractivity contribution in [2.75, 3.05) is 0 Å².